The second kappa shape index (κ2) is 5.04. The van der Waals surface area contributed by atoms with Crippen molar-refractivity contribution in [2.24, 2.45) is 5.73 Å². The molecule has 0 radical (unpaired) electrons. The first-order chi connectivity index (χ1) is 10.5. The van der Waals surface area contributed by atoms with Crippen LogP contribution in [0.1, 0.15) is 22.8 Å². The molecule has 6 heteroatoms. The highest BCUT2D eigenvalue weighted by atomic mass is 19.1. The van der Waals surface area contributed by atoms with E-state index in [1.54, 1.807) is 13.0 Å². The van der Waals surface area contributed by atoms with Gasteiger partial charge in [-0.15, -0.1) is 0 Å². The molecule has 0 bridgehead atoms. The Labute approximate surface area is 125 Å². The zero-order chi connectivity index (χ0) is 15.9. The fraction of sp³-hybridized carbons (Fsp3) is 0.125. The molecule has 2 N–H and O–H groups in total. The molecule has 1 aromatic carbocycles. The smallest absolute Gasteiger partial charge is 0.343 e. The quantitative estimate of drug-likeness (QED) is 0.872. The number of nitrogens with zero attached hydrogens (tertiary/aromatic N) is 1. The fourth-order valence-corrected chi connectivity index (χ4v) is 2.54. The number of halogens is 1. The lowest BCUT2D eigenvalue weighted by Gasteiger charge is -2.25. The Morgan fingerprint density at radius 1 is 1.36 bits per heavy atom. The average molecular weight is 298 g/mol. The van der Waals surface area contributed by atoms with Gasteiger partial charge in [0.05, 0.1) is 11.5 Å². The van der Waals surface area contributed by atoms with Gasteiger partial charge >= 0.3 is 5.63 Å². The second-order valence-corrected chi connectivity index (χ2v) is 4.90. The van der Waals surface area contributed by atoms with Gasteiger partial charge in [-0.2, -0.15) is 5.26 Å². The van der Waals surface area contributed by atoms with Gasteiger partial charge in [0, 0.05) is 6.07 Å². The summed E-state index contributed by atoms with van der Waals surface area (Å²) in [5, 5.41) is 9.34. The van der Waals surface area contributed by atoms with Crippen molar-refractivity contribution in [2.45, 2.75) is 12.8 Å². The third-order valence-corrected chi connectivity index (χ3v) is 3.44. The molecule has 1 aliphatic rings. The Hall–Kier alpha value is -3.07. The van der Waals surface area contributed by atoms with E-state index in [0.29, 0.717) is 11.3 Å². The van der Waals surface area contributed by atoms with Gasteiger partial charge in [-0.05, 0) is 24.6 Å². The number of hydrogen-bond acceptors (Lipinski definition) is 5. The summed E-state index contributed by atoms with van der Waals surface area (Å²) in [6.45, 7) is 1.60. The van der Waals surface area contributed by atoms with Gasteiger partial charge < -0.3 is 14.9 Å². The molecule has 3 rings (SSSR count). The van der Waals surface area contributed by atoms with Crippen LogP contribution in [0.2, 0.25) is 0 Å². The van der Waals surface area contributed by atoms with Gasteiger partial charge in [0.25, 0.3) is 0 Å². The van der Waals surface area contributed by atoms with Gasteiger partial charge in [0.2, 0.25) is 5.88 Å². The van der Waals surface area contributed by atoms with Crippen LogP contribution in [-0.4, -0.2) is 0 Å². The molecule has 0 saturated heterocycles. The molecule has 0 aliphatic carbocycles. The summed E-state index contributed by atoms with van der Waals surface area (Å²) >= 11 is 0. The van der Waals surface area contributed by atoms with Crippen molar-refractivity contribution in [1.29, 1.82) is 5.26 Å². The lowest BCUT2D eigenvalue weighted by Crippen LogP contribution is -2.26. The molecule has 110 valence electrons. The van der Waals surface area contributed by atoms with Crippen molar-refractivity contribution in [3.63, 3.8) is 0 Å². The molecule has 1 aliphatic heterocycles. The van der Waals surface area contributed by atoms with E-state index in [2.05, 4.69) is 0 Å². The number of nitriles is 1. The number of nitrogens with two attached hydrogens (primary N) is 1. The molecule has 1 aromatic heterocycles. The number of fused-ring (bicyclic) bond motifs is 1. The van der Waals surface area contributed by atoms with E-state index in [1.165, 1.54) is 24.3 Å². The highest BCUT2D eigenvalue weighted by Crippen LogP contribution is 2.40. The summed E-state index contributed by atoms with van der Waals surface area (Å²) in [7, 11) is 0. The molecule has 0 fully saturated rings. The van der Waals surface area contributed by atoms with Gasteiger partial charge in [-0.1, -0.05) is 12.1 Å². The lowest BCUT2D eigenvalue weighted by atomic mass is 9.84. The van der Waals surface area contributed by atoms with E-state index in [4.69, 9.17) is 14.9 Å². The highest BCUT2D eigenvalue weighted by molar-refractivity contribution is 5.54. The third-order valence-electron chi connectivity index (χ3n) is 3.44. The summed E-state index contributed by atoms with van der Waals surface area (Å²) in [6.07, 6.45) is 0. The van der Waals surface area contributed by atoms with E-state index >= 15 is 0 Å². The van der Waals surface area contributed by atoms with Crippen LogP contribution >= 0.6 is 0 Å². The highest BCUT2D eigenvalue weighted by Gasteiger charge is 2.34. The Morgan fingerprint density at radius 2 is 2.14 bits per heavy atom. The maximum atomic E-state index is 13.5. The molecule has 5 nitrogen and oxygen atoms in total. The number of aryl methyl sites for hydroxylation is 1. The molecular formula is C16H11FN2O3. The summed E-state index contributed by atoms with van der Waals surface area (Å²) in [4.78, 5) is 12.2. The topological polar surface area (TPSA) is 89.2 Å². The van der Waals surface area contributed by atoms with E-state index in [9.17, 15) is 14.4 Å². The maximum absolute atomic E-state index is 13.5. The normalized spacial score (nSPS) is 16.7. The number of allylic oxidation sites excluding steroid dienone is 1. The van der Waals surface area contributed by atoms with E-state index in [1.807, 2.05) is 6.07 Å². The minimum absolute atomic E-state index is 0.0502. The molecule has 0 unspecified atom stereocenters. The van der Waals surface area contributed by atoms with Crippen LogP contribution in [0.5, 0.6) is 5.75 Å². The number of rotatable bonds is 1. The number of benzene rings is 1. The van der Waals surface area contributed by atoms with Crippen LogP contribution < -0.4 is 16.1 Å². The predicted octanol–water partition coefficient (Wildman–Crippen LogP) is 2.31. The second-order valence-electron chi connectivity index (χ2n) is 4.90. The van der Waals surface area contributed by atoms with Crippen molar-refractivity contribution in [3.05, 3.63) is 74.9 Å². The van der Waals surface area contributed by atoms with E-state index in [0.717, 1.165) is 0 Å². The van der Waals surface area contributed by atoms with Crippen molar-refractivity contribution in [2.75, 3.05) is 0 Å². The summed E-state index contributed by atoms with van der Waals surface area (Å²) in [5.74, 6) is -0.817. The Balaban J connectivity index is 2.32. The zero-order valence-electron chi connectivity index (χ0n) is 11.6. The number of hydrogen-bond donors (Lipinski definition) is 1. The van der Waals surface area contributed by atoms with Crippen molar-refractivity contribution in [1.82, 2.24) is 0 Å². The van der Waals surface area contributed by atoms with Crippen molar-refractivity contribution >= 4 is 0 Å². The molecule has 2 heterocycles. The van der Waals surface area contributed by atoms with Crippen LogP contribution in [0, 0.1) is 24.1 Å². The van der Waals surface area contributed by atoms with E-state index < -0.39 is 17.4 Å². The predicted molar refractivity (Wildman–Crippen MR) is 75.4 cm³/mol. The van der Waals surface area contributed by atoms with Crippen LogP contribution in [0.4, 0.5) is 4.39 Å². The molecule has 22 heavy (non-hydrogen) atoms. The first-order valence-corrected chi connectivity index (χ1v) is 6.49. The maximum Gasteiger partial charge on any atom is 0.343 e. The molecule has 0 spiro atoms. The average Bonchev–Trinajstić information content (AvgIpc) is 2.45. The van der Waals surface area contributed by atoms with Gasteiger partial charge in [-0.25, -0.2) is 9.18 Å². The Morgan fingerprint density at radius 3 is 2.82 bits per heavy atom. The summed E-state index contributed by atoms with van der Waals surface area (Å²) < 4.78 is 24.0. The largest absolute Gasteiger partial charge is 0.440 e. The van der Waals surface area contributed by atoms with Crippen LogP contribution in [0.25, 0.3) is 0 Å². The third kappa shape index (κ3) is 2.13. The zero-order valence-corrected chi connectivity index (χ0v) is 11.6. The van der Waals surface area contributed by atoms with Gasteiger partial charge in [0.15, 0.2) is 0 Å². The lowest BCUT2D eigenvalue weighted by molar-refractivity contribution is 0.371. The summed E-state index contributed by atoms with van der Waals surface area (Å²) in [6, 6.07) is 9.10. The molecule has 0 saturated carbocycles. The monoisotopic (exact) mass is 298 g/mol. The van der Waals surface area contributed by atoms with Crippen molar-refractivity contribution < 1.29 is 13.5 Å². The number of ether oxygens (including phenoxy) is 1. The molecule has 2 aromatic rings. The Kier molecular flexibility index (Phi) is 3.18. The van der Waals surface area contributed by atoms with Crippen LogP contribution in [-0.2, 0) is 0 Å². The SMILES string of the molecule is Cc1cc2c(c(=O)o1)[C@@H](c1cccc(F)c1)C(C#N)=C(N)O2. The molecular weight excluding hydrogens is 287 g/mol. The van der Waals surface area contributed by atoms with Crippen molar-refractivity contribution in [3.8, 4) is 11.8 Å². The van der Waals surface area contributed by atoms with Gasteiger partial charge in [-0.3, -0.25) is 0 Å². The first-order valence-electron chi connectivity index (χ1n) is 6.49. The fourth-order valence-electron chi connectivity index (χ4n) is 2.54. The first kappa shape index (κ1) is 13.9. The molecule has 0 amide bonds. The minimum Gasteiger partial charge on any atom is -0.440 e. The van der Waals surface area contributed by atoms with E-state index in [-0.39, 0.29) is 22.8 Å². The minimum atomic E-state index is -0.818. The Bertz CT molecular complexity index is 893. The summed E-state index contributed by atoms with van der Waals surface area (Å²) in [5.41, 5.74) is 5.77. The van der Waals surface area contributed by atoms with Crippen LogP contribution in [0.15, 0.2) is 51.0 Å². The standard InChI is InChI=1S/C16H11FN2O3/c1-8-5-12-14(16(20)21-8)13(11(7-18)15(19)22-12)9-3-2-4-10(17)6-9/h2-6,13H,19H2,1H3/t13-/m0/s1. The van der Waals surface area contributed by atoms with Gasteiger partial charge in [0.1, 0.15) is 29.0 Å². The molecule has 1 atom stereocenters. The van der Waals surface area contributed by atoms with Crippen LogP contribution in [0.3, 0.4) is 0 Å².